The zero-order valence-corrected chi connectivity index (χ0v) is 14.7. The van der Waals surface area contributed by atoms with Gasteiger partial charge in [-0.1, -0.05) is 6.07 Å². The van der Waals surface area contributed by atoms with Crippen molar-refractivity contribution in [2.45, 2.75) is 6.92 Å². The Hall–Kier alpha value is -3.73. The normalized spacial score (nSPS) is 11.1. The Bertz CT molecular complexity index is 1290. The second-order valence-electron chi connectivity index (χ2n) is 6.35. The highest BCUT2D eigenvalue weighted by Gasteiger charge is 2.14. The summed E-state index contributed by atoms with van der Waals surface area (Å²) >= 11 is 0. The van der Waals surface area contributed by atoms with E-state index in [4.69, 9.17) is 4.98 Å². The molecule has 0 fully saturated rings. The summed E-state index contributed by atoms with van der Waals surface area (Å²) in [4.78, 5) is 22.7. The van der Waals surface area contributed by atoms with Crippen LogP contribution < -0.4 is 0 Å². The van der Waals surface area contributed by atoms with Crippen molar-refractivity contribution in [3.05, 3.63) is 79.0 Å². The molecule has 0 aromatic carbocycles. The molecule has 0 spiro atoms. The van der Waals surface area contributed by atoms with Crippen LogP contribution in [0.15, 0.2) is 73.3 Å². The van der Waals surface area contributed by atoms with E-state index in [0.29, 0.717) is 5.65 Å². The second kappa shape index (κ2) is 6.21. The van der Waals surface area contributed by atoms with Crippen molar-refractivity contribution in [3.63, 3.8) is 0 Å². The number of pyridine rings is 5. The topological polar surface area (TPSA) is 64.5 Å². The van der Waals surface area contributed by atoms with Gasteiger partial charge in [0.2, 0.25) is 0 Å². The Labute approximate surface area is 155 Å². The number of hydrogen-bond donors (Lipinski definition) is 0. The van der Waals surface area contributed by atoms with Gasteiger partial charge >= 0.3 is 0 Å². The fourth-order valence-electron chi connectivity index (χ4n) is 3.30. The average Bonchev–Trinajstić information content (AvgIpc) is 2.72. The van der Waals surface area contributed by atoms with Gasteiger partial charge in [-0.05, 0) is 49.4 Å². The third kappa shape index (κ3) is 2.69. The lowest BCUT2D eigenvalue weighted by Crippen LogP contribution is -1.95. The van der Waals surface area contributed by atoms with E-state index in [1.54, 1.807) is 12.4 Å². The predicted molar refractivity (Wildman–Crippen MR) is 106 cm³/mol. The molecule has 5 aromatic heterocycles. The molecule has 5 nitrogen and oxygen atoms in total. The van der Waals surface area contributed by atoms with E-state index in [2.05, 4.69) is 19.9 Å². The Morgan fingerprint density at radius 1 is 0.741 bits per heavy atom. The summed E-state index contributed by atoms with van der Waals surface area (Å²) in [7, 11) is 0. The fourth-order valence-corrected chi connectivity index (χ4v) is 3.30. The van der Waals surface area contributed by atoms with Crippen molar-refractivity contribution in [1.82, 2.24) is 24.9 Å². The van der Waals surface area contributed by atoms with Crippen LogP contribution in [0.3, 0.4) is 0 Å². The molecule has 0 amide bonds. The van der Waals surface area contributed by atoms with Crippen LogP contribution in [0.1, 0.15) is 5.69 Å². The van der Waals surface area contributed by atoms with Gasteiger partial charge in [-0.2, -0.15) is 0 Å². The highest BCUT2D eigenvalue weighted by Crippen LogP contribution is 2.33. The van der Waals surface area contributed by atoms with E-state index < -0.39 is 0 Å². The monoisotopic (exact) mass is 349 g/mol. The van der Waals surface area contributed by atoms with Gasteiger partial charge in [0.25, 0.3) is 0 Å². The molecule has 5 heteroatoms. The maximum atomic E-state index is 4.74. The summed E-state index contributed by atoms with van der Waals surface area (Å²) < 4.78 is 0. The molecule has 0 atom stereocenters. The van der Waals surface area contributed by atoms with E-state index in [-0.39, 0.29) is 0 Å². The van der Waals surface area contributed by atoms with Crippen molar-refractivity contribution < 1.29 is 0 Å². The maximum absolute atomic E-state index is 4.74. The lowest BCUT2D eigenvalue weighted by atomic mass is 10.0. The van der Waals surface area contributed by atoms with Gasteiger partial charge in [-0.3, -0.25) is 15.0 Å². The quantitative estimate of drug-likeness (QED) is 0.466. The van der Waals surface area contributed by atoms with Gasteiger partial charge in [0, 0.05) is 52.2 Å². The second-order valence-corrected chi connectivity index (χ2v) is 6.35. The average molecular weight is 349 g/mol. The number of aryl methyl sites for hydroxylation is 1. The first-order valence-corrected chi connectivity index (χ1v) is 8.68. The van der Waals surface area contributed by atoms with E-state index in [1.807, 2.05) is 67.8 Å². The largest absolute Gasteiger partial charge is 0.264 e. The molecule has 128 valence electrons. The molecule has 0 aliphatic rings. The molecule has 5 aromatic rings. The van der Waals surface area contributed by atoms with Crippen molar-refractivity contribution in [2.24, 2.45) is 0 Å². The number of hydrogen-bond acceptors (Lipinski definition) is 5. The summed E-state index contributed by atoms with van der Waals surface area (Å²) in [5, 5.41) is 3.06. The molecule has 0 aliphatic heterocycles. The Balaban J connectivity index is 1.86. The molecular weight excluding hydrogens is 334 g/mol. The third-order valence-corrected chi connectivity index (χ3v) is 4.55. The van der Waals surface area contributed by atoms with Gasteiger partial charge in [0.1, 0.15) is 0 Å². The maximum Gasteiger partial charge on any atom is 0.160 e. The third-order valence-electron chi connectivity index (χ3n) is 4.55. The number of rotatable bonds is 2. The van der Waals surface area contributed by atoms with Crippen LogP contribution in [-0.4, -0.2) is 24.9 Å². The first-order chi connectivity index (χ1) is 13.3. The van der Waals surface area contributed by atoms with Crippen molar-refractivity contribution in [1.29, 1.82) is 0 Å². The number of nitrogens with zero attached hydrogens (tertiary/aromatic N) is 5. The van der Waals surface area contributed by atoms with Crippen LogP contribution in [0, 0.1) is 6.92 Å². The smallest absolute Gasteiger partial charge is 0.160 e. The zero-order valence-electron chi connectivity index (χ0n) is 14.7. The SMILES string of the molecule is Cc1cccc(-c2cc(-c3nccc4cnccc34)c3cccnc3n2)n1. The van der Waals surface area contributed by atoms with Crippen LogP contribution in [0.4, 0.5) is 0 Å². The minimum atomic E-state index is 0.682. The molecule has 5 heterocycles. The van der Waals surface area contributed by atoms with Gasteiger partial charge < -0.3 is 0 Å². The van der Waals surface area contributed by atoms with E-state index in [9.17, 15) is 0 Å². The van der Waals surface area contributed by atoms with Crippen molar-refractivity contribution in [3.8, 4) is 22.6 Å². The molecule has 0 saturated heterocycles. The molecule has 0 radical (unpaired) electrons. The van der Waals surface area contributed by atoms with Crippen LogP contribution in [0.2, 0.25) is 0 Å². The first-order valence-electron chi connectivity index (χ1n) is 8.68. The van der Waals surface area contributed by atoms with Gasteiger partial charge in [0.05, 0.1) is 17.1 Å². The minimum Gasteiger partial charge on any atom is -0.264 e. The Kier molecular flexibility index (Phi) is 3.57. The molecule has 0 unspecified atom stereocenters. The van der Waals surface area contributed by atoms with Crippen LogP contribution in [0.5, 0.6) is 0 Å². The lowest BCUT2D eigenvalue weighted by Gasteiger charge is -2.11. The fraction of sp³-hybridized carbons (Fsp3) is 0.0455. The van der Waals surface area contributed by atoms with Crippen molar-refractivity contribution in [2.75, 3.05) is 0 Å². The van der Waals surface area contributed by atoms with Gasteiger partial charge in [-0.15, -0.1) is 0 Å². The molecule has 0 bridgehead atoms. The summed E-state index contributed by atoms with van der Waals surface area (Å²) in [6.07, 6.45) is 7.21. The molecule has 5 rings (SSSR count). The highest BCUT2D eigenvalue weighted by molar-refractivity contribution is 6.02. The van der Waals surface area contributed by atoms with Gasteiger partial charge in [-0.25, -0.2) is 9.97 Å². The van der Waals surface area contributed by atoms with Crippen LogP contribution >= 0.6 is 0 Å². The minimum absolute atomic E-state index is 0.682. The molecule has 27 heavy (non-hydrogen) atoms. The number of aromatic nitrogens is 5. The predicted octanol–water partition coefficient (Wildman–Crippen LogP) is 4.61. The molecule has 0 aliphatic carbocycles. The summed E-state index contributed by atoms with van der Waals surface area (Å²) in [5.74, 6) is 0. The summed E-state index contributed by atoms with van der Waals surface area (Å²) in [6.45, 7) is 1.98. The van der Waals surface area contributed by atoms with Crippen molar-refractivity contribution >= 4 is 21.8 Å². The lowest BCUT2D eigenvalue weighted by molar-refractivity contribution is 1.18. The number of fused-ring (bicyclic) bond motifs is 2. The molecular formula is C22H15N5. The van der Waals surface area contributed by atoms with Crippen LogP contribution in [-0.2, 0) is 0 Å². The van der Waals surface area contributed by atoms with E-state index in [0.717, 1.165) is 44.5 Å². The summed E-state index contributed by atoms with van der Waals surface area (Å²) in [6, 6.07) is 15.9. The van der Waals surface area contributed by atoms with E-state index in [1.165, 1.54) is 0 Å². The standard InChI is InChI=1S/C22H15N5/c1-14-4-2-6-19(26-14)20-12-18(17-5-3-9-25-22(17)27-20)21-16-8-10-23-13-15(16)7-11-24-21/h2-13H,1H3. The first kappa shape index (κ1) is 15.5. The van der Waals surface area contributed by atoms with E-state index >= 15 is 0 Å². The molecule has 0 N–H and O–H groups in total. The van der Waals surface area contributed by atoms with Crippen LogP contribution in [0.25, 0.3) is 44.5 Å². The van der Waals surface area contributed by atoms with Gasteiger partial charge in [0.15, 0.2) is 5.65 Å². The summed E-state index contributed by atoms with van der Waals surface area (Å²) in [5.41, 5.74) is 5.12. The highest BCUT2D eigenvalue weighted by atomic mass is 14.9. The Morgan fingerprint density at radius 3 is 2.63 bits per heavy atom. The Morgan fingerprint density at radius 2 is 1.70 bits per heavy atom. The molecule has 0 saturated carbocycles. The zero-order chi connectivity index (χ0) is 18.2.